The zero-order valence-electron chi connectivity index (χ0n) is 7.15. The van der Waals surface area contributed by atoms with E-state index in [0.717, 1.165) is 6.92 Å². The summed E-state index contributed by atoms with van der Waals surface area (Å²) in [5, 5.41) is 8.19. The van der Waals surface area contributed by atoms with Crippen LogP contribution >= 0.6 is 0 Å². The van der Waals surface area contributed by atoms with Gasteiger partial charge in [0.05, 0.1) is 6.42 Å². The van der Waals surface area contributed by atoms with Crippen molar-refractivity contribution in [3.05, 3.63) is 0 Å². The fourth-order valence-electron chi connectivity index (χ4n) is 0.489. The zero-order valence-corrected chi connectivity index (χ0v) is 10.1. The van der Waals surface area contributed by atoms with Gasteiger partial charge in [-0.3, -0.25) is 9.59 Å². The summed E-state index contributed by atoms with van der Waals surface area (Å²) in [5.74, 6) is -3.05. The molecule has 13 heavy (non-hydrogen) atoms. The third-order valence-electron chi connectivity index (χ3n) is 0.942. The minimum absolute atomic E-state index is 0. The van der Waals surface area contributed by atoms with E-state index in [-0.39, 0.29) is 19.5 Å². The summed E-state index contributed by atoms with van der Waals surface area (Å²) in [6, 6.07) is -1.29. The van der Waals surface area contributed by atoms with Gasteiger partial charge in [-0.1, -0.05) is 0 Å². The van der Waals surface area contributed by atoms with Crippen LogP contribution in [0.3, 0.4) is 0 Å². The van der Waals surface area contributed by atoms with Gasteiger partial charge in [0.15, 0.2) is 0 Å². The number of carboxylic acid groups (broad SMARTS) is 1. The molecule has 7 heteroatoms. The molecule has 0 aliphatic rings. The Balaban J connectivity index is 0. The average Bonchev–Trinajstić information content (AvgIpc) is 1.84. The summed E-state index contributed by atoms with van der Waals surface area (Å²) in [5.41, 5.74) is 5.06. The van der Waals surface area contributed by atoms with E-state index in [1.807, 2.05) is 0 Å². The van der Waals surface area contributed by atoms with E-state index in [1.165, 1.54) is 0 Å². The second-order valence-electron chi connectivity index (χ2n) is 2.12. The molecule has 0 fully saturated rings. The number of carboxylic acids is 1. The molecule has 0 saturated carbocycles. The van der Waals surface area contributed by atoms with Crippen molar-refractivity contribution in [1.82, 2.24) is 0 Å². The van der Waals surface area contributed by atoms with Crippen LogP contribution < -0.4 is 5.73 Å². The van der Waals surface area contributed by atoms with Gasteiger partial charge in [0.25, 0.3) is 0 Å². The Morgan fingerprint density at radius 2 is 1.92 bits per heavy atom. The topological polar surface area (TPSA) is 107 Å². The number of carbonyl (C=O) groups excluding carboxylic acids is 2. The van der Waals surface area contributed by atoms with Crippen molar-refractivity contribution in [2.24, 2.45) is 5.73 Å². The molecule has 0 heterocycles. The third-order valence-corrected chi connectivity index (χ3v) is 0.942. The SMILES string of the molecule is CC(=O)OC(=O)[C@@H](N)CC(=O)O.[Zn]. The van der Waals surface area contributed by atoms with Gasteiger partial charge in [0, 0.05) is 26.4 Å². The van der Waals surface area contributed by atoms with Gasteiger partial charge in [0.2, 0.25) is 0 Å². The molecule has 0 aromatic carbocycles. The van der Waals surface area contributed by atoms with Crippen molar-refractivity contribution in [2.75, 3.05) is 0 Å². The van der Waals surface area contributed by atoms with E-state index in [1.54, 1.807) is 0 Å². The van der Waals surface area contributed by atoms with Crippen molar-refractivity contribution < 1.29 is 43.7 Å². The first kappa shape index (κ1) is 14.7. The number of hydrogen-bond acceptors (Lipinski definition) is 5. The standard InChI is InChI=1S/C6H9NO5.Zn/c1-3(8)12-6(11)4(7)2-5(9)10;/h4H,2,7H2,1H3,(H,9,10);/t4-;/m0./s1. The number of aliphatic carboxylic acids is 1. The Hall–Kier alpha value is -0.807. The summed E-state index contributed by atoms with van der Waals surface area (Å²) in [7, 11) is 0. The smallest absolute Gasteiger partial charge is 0.331 e. The molecule has 70 valence electrons. The maximum atomic E-state index is 10.7. The van der Waals surface area contributed by atoms with Crippen LogP contribution in [0.25, 0.3) is 0 Å². The van der Waals surface area contributed by atoms with E-state index in [4.69, 9.17) is 10.8 Å². The quantitative estimate of drug-likeness (QED) is 0.367. The monoisotopic (exact) mass is 239 g/mol. The van der Waals surface area contributed by atoms with Crippen LogP contribution in [0.5, 0.6) is 0 Å². The maximum Gasteiger partial charge on any atom is 0.331 e. The molecule has 0 aromatic rings. The Morgan fingerprint density at radius 3 is 2.23 bits per heavy atom. The molecule has 0 unspecified atom stereocenters. The fraction of sp³-hybridized carbons (Fsp3) is 0.500. The molecule has 0 aliphatic heterocycles. The largest absolute Gasteiger partial charge is 0.481 e. The molecule has 0 aromatic heterocycles. The summed E-state index contributed by atoms with van der Waals surface area (Å²) in [6.45, 7) is 1.03. The molecule has 1 atom stereocenters. The van der Waals surface area contributed by atoms with Crippen molar-refractivity contribution in [3.8, 4) is 0 Å². The van der Waals surface area contributed by atoms with E-state index in [9.17, 15) is 14.4 Å². The Labute approximate surface area is 87.2 Å². The van der Waals surface area contributed by atoms with E-state index >= 15 is 0 Å². The minimum atomic E-state index is -1.29. The van der Waals surface area contributed by atoms with Gasteiger partial charge in [-0.2, -0.15) is 0 Å². The van der Waals surface area contributed by atoms with Gasteiger partial charge in [-0.05, 0) is 0 Å². The van der Waals surface area contributed by atoms with Crippen molar-refractivity contribution in [3.63, 3.8) is 0 Å². The molecule has 0 amide bonds. The predicted octanol–water partition coefficient (Wildman–Crippen LogP) is -1.12. The molecule has 0 radical (unpaired) electrons. The van der Waals surface area contributed by atoms with Crippen LogP contribution in [0.15, 0.2) is 0 Å². The second kappa shape index (κ2) is 6.68. The van der Waals surface area contributed by atoms with Crippen LogP contribution in [0, 0.1) is 0 Å². The first-order valence-electron chi connectivity index (χ1n) is 3.13. The van der Waals surface area contributed by atoms with Crippen LogP contribution in [-0.2, 0) is 38.6 Å². The van der Waals surface area contributed by atoms with Crippen LogP contribution in [-0.4, -0.2) is 29.1 Å². The normalized spacial score (nSPS) is 10.9. The fourth-order valence-corrected chi connectivity index (χ4v) is 0.489. The first-order chi connectivity index (χ1) is 5.43. The van der Waals surface area contributed by atoms with E-state index in [0.29, 0.717) is 0 Å². The summed E-state index contributed by atoms with van der Waals surface area (Å²) in [4.78, 5) is 30.9. The van der Waals surface area contributed by atoms with Gasteiger partial charge >= 0.3 is 17.9 Å². The maximum absolute atomic E-state index is 10.7. The van der Waals surface area contributed by atoms with Crippen LogP contribution in [0.1, 0.15) is 13.3 Å². The van der Waals surface area contributed by atoms with Gasteiger partial charge in [0.1, 0.15) is 6.04 Å². The molecule has 0 saturated heterocycles. The Morgan fingerprint density at radius 1 is 1.46 bits per heavy atom. The number of esters is 2. The molecule has 0 rings (SSSR count). The van der Waals surface area contributed by atoms with Crippen molar-refractivity contribution >= 4 is 17.9 Å². The minimum Gasteiger partial charge on any atom is -0.481 e. The number of carbonyl (C=O) groups is 3. The van der Waals surface area contributed by atoms with E-state index < -0.39 is 30.4 Å². The van der Waals surface area contributed by atoms with Crippen LogP contribution in [0.2, 0.25) is 0 Å². The molecule has 0 aliphatic carbocycles. The van der Waals surface area contributed by atoms with Crippen LogP contribution in [0.4, 0.5) is 0 Å². The number of nitrogens with two attached hydrogens (primary N) is 1. The summed E-state index contributed by atoms with van der Waals surface area (Å²) < 4.78 is 4.05. The number of hydrogen-bond donors (Lipinski definition) is 2. The van der Waals surface area contributed by atoms with Gasteiger partial charge in [-0.25, -0.2) is 4.79 Å². The first-order valence-corrected chi connectivity index (χ1v) is 3.13. The molecular formula is C6H9NO5Zn. The zero-order chi connectivity index (χ0) is 9.72. The predicted molar refractivity (Wildman–Crippen MR) is 37.0 cm³/mol. The van der Waals surface area contributed by atoms with Gasteiger partial charge in [-0.15, -0.1) is 0 Å². The summed E-state index contributed by atoms with van der Waals surface area (Å²) in [6.07, 6.45) is -0.549. The number of ether oxygens (including phenoxy) is 1. The molecule has 0 spiro atoms. The second-order valence-corrected chi connectivity index (χ2v) is 2.12. The molecule has 6 nitrogen and oxygen atoms in total. The number of rotatable bonds is 3. The Bertz CT molecular complexity index is 217. The average molecular weight is 241 g/mol. The summed E-state index contributed by atoms with van der Waals surface area (Å²) >= 11 is 0. The van der Waals surface area contributed by atoms with E-state index in [2.05, 4.69) is 4.74 Å². The molecule has 0 bridgehead atoms. The molecule has 3 N–H and O–H groups in total. The van der Waals surface area contributed by atoms with Crippen molar-refractivity contribution in [1.29, 1.82) is 0 Å². The van der Waals surface area contributed by atoms with Gasteiger partial charge < -0.3 is 15.6 Å². The molecular weight excluding hydrogens is 231 g/mol. The Kier molecular flexibility index (Phi) is 7.56. The van der Waals surface area contributed by atoms with Crippen molar-refractivity contribution in [2.45, 2.75) is 19.4 Å². The third kappa shape index (κ3) is 7.55.